The summed E-state index contributed by atoms with van der Waals surface area (Å²) in [6.45, 7) is 1.46. The second-order valence-electron chi connectivity index (χ2n) is 9.55. The van der Waals surface area contributed by atoms with Crippen LogP contribution < -0.4 is 30.7 Å². The lowest BCUT2D eigenvalue weighted by Gasteiger charge is -2.34. The Hall–Kier alpha value is -4.55. The van der Waals surface area contributed by atoms with E-state index < -0.39 is 5.82 Å². The number of hydrogen-bond acceptors (Lipinski definition) is 10. The standard InChI is InChI=1S/C28H27FN8O3.ClH/c1-39-21-6-2-5-19(29)26(21)28-31-8-7-23(35-28)34-24-11-20(37-9-3-4-17(30)14-37)18(13-32-24)16-10-22-27(33-12-16)36-25(38)15-40-22;/h2,5-8,10-13,17H,3-4,9,14-15,30H2,1H3,(H,33,36,38)(H,31,32,34,35);1H/t17-;/m0./s1. The van der Waals surface area contributed by atoms with Crippen LogP contribution in [0.1, 0.15) is 12.8 Å². The summed E-state index contributed by atoms with van der Waals surface area (Å²) in [4.78, 5) is 31.7. The number of nitrogens with two attached hydrogens (primary N) is 1. The van der Waals surface area contributed by atoms with Crippen molar-refractivity contribution in [2.24, 2.45) is 5.73 Å². The summed E-state index contributed by atoms with van der Waals surface area (Å²) >= 11 is 0. The Labute approximate surface area is 241 Å². The molecule has 4 N–H and O–H groups in total. The fourth-order valence-electron chi connectivity index (χ4n) is 4.90. The number of nitrogens with zero attached hydrogens (tertiary/aromatic N) is 5. The van der Waals surface area contributed by atoms with Crippen molar-refractivity contribution in [2.75, 3.05) is 42.3 Å². The van der Waals surface area contributed by atoms with Crippen LogP contribution in [-0.4, -0.2) is 58.7 Å². The van der Waals surface area contributed by atoms with Gasteiger partial charge in [0.1, 0.15) is 23.2 Å². The van der Waals surface area contributed by atoms with Crippen molar-refractivity contribution >= 4 is 41.5 Å². The number of fused-ring (bicyclic) bond motifs is 1. The number of rotatable bonds is 6. The van der Waals surface area contributed by atoms with Crippen LogP contribution in [0.2, 0.25) is 0 Å². The lowest BCUT2D eigenvalue weighted by molar-refractivity contribution is -0.118. The van der Waals surface area contributed by atoms with Gasteiger partial charge in [0.05, 0.1) is 12.7 Å². The van der Waals surface area contributed by atoms with Crippen LogP contribution in [0.25, 0.3) is 22.5 Å². The summed E-state index contributed by atoms with van der Waals surface area (Å²) in [6.07, 6.45) is 6.91. The van der Waals surface area contributed by atoms with E-state index in [2.05, 4.69) is 35.5 Å². The number of halogens is 2. The second-order valence-corrected chi connectivity index (χ2v) is 9.55. The second kappa shape index (κ2) is 11.9. The van der Waals surface area contributed by atoms with Crippen LogP contribution in [0.5, 0.6) is 11.5 Å². The zero-order chi connectivity index (χ0) is 27.6. The number of nitrogens with one attached hydrogen (secondary N) is 2. The van der Waals surface area contributed by atoms with Crippen molar-refractivity contribution in [3.8, 4) is 34.0 Å². The van der Waals surface area contributed by atoms with Crippen LogP contribution >= 0.6 is 12.4 Å². The van der Waals surface area contributed by atoms with Crippen LogP contribution in [0, 0.1) is 5.82 Å². The molecule has 2 aliphatic heterocycles. The van der Waals surface area contributed by atoms with Crippen molar-refractivity contribution in [3.05, 3.63) is 60.8 Å². The van der Waals surface area contributed by atoms with Gasteiger partial charge in [-0.05, 0) is 37.1 Å². The predicted molar refractivity (Wildman–Crippen MR) is 156 cm³/mol. The van der Waals surface area contributed by atoms with Crippen molar-refractivity contribution in [2.45, 2.75) is 18.9 Å². The molecule has 4 aromatic rings. The molecule has 0 radical (unpaired) electrons. The average Bonchev–Trinajstić information content (AvgIpc) is 2.97. The van der Waals surface area contributed by atoms with Gasteiger partial charge in [-0.15, -0.1) is 12.4 Å². The summed E-state index contributed by atoms with van der Waals surface area (Å²) in [7, 11) is 1.47. The molecule has 41 heavy (non-hydrogen) atoms. The number of carbonyl (C=O) groups is 1. The minimum atomic E-state index is -0.482. The Balaban J connectivity index is 0.00000337. The Kier molecular flexibility index (Phi) is 8.13. The zero-order valence-electron chi connectivity index (χ0n) is 22.1. The average molecular weight is 579 g/mol. The first-order chi connectivity index (χ1) is 19.5. The first kappa shape index (κ1) is 28.0. The summed E-state index contributed by atoms with van der Waals surface area (Å²) < 4.78 is 25.6. The number of amides is 1. The van der Waals surface area contributed by atoms with Gasteiger partial charge in [-0.1, -0.05) is 6.07 Å². The number of ether oxygens (including phenoxy) is 2. The quantitative estimate of drug-likeness (QED) is 0.305. The van der Waals surface area contributed by atoms with Gasteiger partial charge >= 0.3 is 0 Å². The molecule has 0 spiro atoms. The van der Waals surface area contributed by atoms with E-state index in [1.54, 1.807) is 36.8 Å². The maximum absolute atomic E-state index is 14.7. The summed E-state index contributed by atoms with van der Waals surface area (Å²) in [5.74, 6) is 1.67. The monoisotopic (exact) mass is 578 g/mol. The molecule has 0 bridgehead atoms. The number of piperidine rings is 1. The third kappa shape index (κ3) is 5.83. The maximum atomic E-state index is 14.7. The molecule has 212 valence electrons. The van der Waals surface area contributed by atoms with Gasteiger partial charge in [0.2, 0.25) is 0 Å². The lowest BCUT2D eigenvalue weighted by atomic mass is 10.0. The predicted octanol–water partition coefficient (Wildman–Crippen LogP) is 4.17. The molecule has 1 fully saturated rings. The van der Waals surface area contributed by atoms with Gasteiger partial charge in [-0.2, -0.15) is 0 Å². The van der Waals surface area contributed by atoms with E-state index in [9.17, 15) is 9.18 Å². The van der Waals surface area contributed by atoms with Crippen LogP contribution in [0.4, 0.5) is 27.5 Å². The van der Waals surface area contributed by atoms with E-state index in [1.165, 1.54) is 13.2 Å². The van der Waals surface area contributed by atoms with Gasteiger partial charge in [-0.25, -0.2) is 24.3 Å². The highest BCUT2D eigenvalue weighted by molar-refractivity contribution is 5.95. The van der Waals surface area contributed by atoms with Crippen molar-refractivity contribution in [1.82, 2.24) is 19.9 Å². The molecule has 1 atom stereocenters. The first-order valence-corrected chi connectivity index (χ1v) is 12.8. The summed E-state index contributed by atoms with van der Waals surface area (Å²) in [6, 6.07) is 10.1. The van der Waals surface area contributed by atoms with Gasteiger partial charge < -0.3 is 30.7 Å². The SMILES string of the molecule is COc1cccc(F)c1-c1nccc(Nc2cc(N3CCC[C@H](N)C3)c(-c3cnc4c(c3)OCC(=O)N4)cn2)n1.Cl. The van der Waals surface area contributed by atoms with Crippen molar-refractivity contribution in [1.29, 1.82) is 0 Å². The molecule has 11 nitrogen and oxygen atoms in total. The Bertz CT molecular complexity index is 1590. The van der Waals surface area contributed by atoms with E-state index in [4.69, 9.17) is 15.2 Å². The van der Waals surface area contributed by atoms with E-state index in [0.29, 0.717) is 35.5 Å². The van der Waals surface area contributed by atoms with Gasteiger partial charge in [-0.3, -0.25) is 4.79 Å². The highest BCUT2D eigenvalue weighted by atomic mass is 35.5. The molecule has 0 unspecified atom stereocenters. The van der Waals surface area contributed by atoms with E-state index in [1.807, 2.05) is 12.1 Å². The highest BCUT2D eigenvalue weighted by Gasteiger charge is 2.23. The lowest BCUT2D eigenvalue weighted by Crippen LogP contribution is -2.43. The number of pyridine rings is 2. The third-order valence-electron chi connectivity index (χ3n) is 6.79. The smallest absolute Gasteiger partial charge is 0.263 e. The maximum Gasteiger partial charge on any atom is 0.263 e. The fraction of sp³-hybridized carbons (Fsp3) is 0.250. The number of anilines is 4. The molecule has 1 aromatic carbocycles. The number of methoxy groups -OCH3 is 1. The van der Waals surface area contributed by atoms with Crippen LogP contribution in [0.15, 0.2) is 55.0 Å². The number of benzene rings is 1. The normalized spacial score (nSPS) is 16.1. The zero-order valence-corrected chi connectivity index (χ0v) is 22.9. The largest absolute Gasteiger partial charge is 0.496 e. The highest BCUT2D eigenvalue weighted by Crippen LogP contribution is 2.38. The number of hydrogen-bond donors (Lipinski definition) is 3. The molecular formula is C28H28ClFN8O3. The van der Waals surface area contributed by atoms with E-state index in [0.717, 1.165) is 36.2 Å². The van der Waals surface area contributed by atoms with Crippen molar-refractivity contribution in [3.63, 3.8) is 0 Å². The summed E-state index contributed by atoms with van der Waals surface area (Å²) in [5.41, 5.74) is 9.05. The number of carbonyl (C=O) groups excluding carboxylic acids is 1. The first-order valence-electron chi connectivity index (χ1n) is 12.8. The van der Waals surface area contributed by atoms with Crippen molar-refractivity contribution < 1.29 is 18.7 Å². The molecule has 6 rings (SSSR count). The molecule has 2 aliphatic rings. The Morgan fingerprint density at radius 2 is 2.05 bits per heavy atom. The molecule has 1 saturated heterocycles. The minimum Gasteiger partial charge on any atom is -0.496 e. The van der Waals surface area contributed by atoms with E-state index in [-0.39, 0.29) is 42.4 Å². The molecule has 1 amide bonds. The Morgan fingerprint density at radius 1 is 1.17 bits per heavy atom. The topological polar surface area (TPSA) is 140 Å². The molecular weight excluding hydrogens is 551 g/mol. The molecule has 5 heterocycles. The minimum absolute atomic E-state index is 0. The molecule has 0 aliphatic carbocycles. The molecule has 0 saturated carbocycles. The van der Waals surface area contributed by atoms with Gasteiger partial charge in [0.25, 0.3) is 5.91 Å². The van der Waals surface area contributed by atoms with Gasteiger partial charge in [0, 0.05) is 60.6 Å². The summed E-state index contributed by atoms with van der Waals surface area (Å²) in [5, 5.41) is 5.94. The molecule has 13 heteroatoms. The van der Waals surface area contributed by atoms with Crippen LogP contribution in [0.3, 0.4) is 0 Å². The fourth-order valence-corrected chi connectivity index (χ4v) is 4.90. The number of aromatic nitrogens is 4. The van der Waals surface area contributed by atoms with E-state index >= 15 is 0 Å². The third-order valence-corrected chi connectivity index (χ3v) is 6.79. The van der Waals surface area contributed by atoms with Crippen LogP contribution in [-0.2, 0) is 4.79 Å². The molecule has 3 aromatic heterocycles. The van der Waals surface area contributed by atoms with Gasteiger partial charge in [0.15, 0.2) is 24.0 Å². The Morgan fingerprint density at radius 3 is 2.88 bits per heavy atom.